The molecule has 1 saturated heterocycles. The highest BCUT2D eigenvalue weighted by molar-refractivity contribution is 7.21. The number of methoxy groups -OCH3 is 2. The Balaban J connectivity index is 1.40. The number of hydrogen-bond donors (Lipinski definition) is 1. The quantitative estimate of drug-likeness (QED) is 0.336. The van der Waals surface area contributed by atoms with E-state index < -0.39 is 17.7 Å². The van der Waals surface area contributed by atoms with E-state index in [4.69, 9.17) is 21.1 Å². The zero-order chi connectivity index (χ0) is 27.0. The molecule has 38 heavy (non-hydrogen) atoms. The lowest BCUT2D eigenvalue weighted by Crippen LogP contribution is -2.53. The maximum atomic E-state index is 14.7. The van der Waals surface area contributed by atoms with Gasteiger partial charge in [0.1, 0.15) is 22.9 Å². The first-order valence-electron chi connectivity index (χ1n) is 11.8. The summed E-state index contributed by atoms with van der Waals surface area (Å²) in [7, 11) is 3.05. The fourth-order valence-electron chi connectivity index (χ4n) is 4.27. The number of carbonyl (C=O) groups excluding carboxylic acids is 1. The van der Waals surface area contributed by atoms with E-state index in [1.54, 1.807) is 25.3 Å². The Labute approximate surface area is 227 Å². The van der Waals surface area contributed by atoms with Crippen LogP contribution in [0.4, 0.5) is 15.3 Å². The van der Waals surface area contributed by atoms with E-state index in [1.165, 1.54) is 38.0 Å². The number of fused-ring (bicyclic) bond motifs is 1. The van der Waals surface area contributed by atoms with Crippen molar-refractivity contribution >= 4 is 50.3 Å². The number of nitrogens with one attached hydrogen (secondary N) is 1. The molecule has 198 valence electrons. The number of alkyl halides is 1. The van der Waals surface area contributed by atoms with Gasteiger partial charge < -0.3 is 14.4 Å². The molecule has 5 rings (SSSR count). The normalized spacial score (nSPS) is 19.5. The second-order valence-electron chi connectivity index (χ2n) is 9.09. The molecule has 1 N–H and O–H groups in total. The van der Waals surface area contributed by atoms with Gasteiger partial charge in [-0.3, -0.25) is 15.1 Å². The van der Waals surface area contributed by atoms with Crippen LogP contribution in [0.3, 0.4) is 0 Å². The molecule has 1 fully saturated rings. The number of nitrogens with zero attached hydrogens (tertiary/aromatic N) is 6. The molecular formula is C25H25ClFN7O3S. The predicted molar refractivity (Wildman–Crippen MR) is 144 cm³/mol. The van der Waals surface area contributed by atoms with Gasteiger partial charge in [0.15, 0.2) is 15.6 Å². The summed E-state index contributed by atoms with van der Waals surface area (Å²) in [6.45, 7) is 4.33. The van der Waals surface area contributed by atoms with Crippen molar-refractivity contribution in [1.29, 1.82) is 0 Å². The number of ether oxygens (including phenoxy) is 2. The summed E-state index contributed by atoms with van der Waals surface area (Å²) in [6, 6.07) is 3.42. The Morgan fingerprint density at radius 2 is 2.00 bits per heavy atom. The van der Waals surface area contributed by atoms with Crippen LogP contribution in [0, 0.1) is 6.92 Å². The number of halogens is 2. The van der Waals surface area contributed by atoms with Crippen molar-refractivity contribution in [3.8, 4) is 16.9 Å². The Morgan fingerprint density at radius 1 is 1.18 bits per heavy atom. The molecule has 0 spiro atoms. The summed E-state index contributed by atoms with van der Waals surface area (Å²) in [4.78, 5) is 37.5. The van der Waals surface area contributed by atoms with E-state index in [9.17, 15) is 9.18 Å². The number of amides is 1. The minimum atomic E-state index is -1.17. The van der Waals surface area contributed by atoms with Crippen LogP contribution in [0.1, 0.15) is 29.4 Å². The highest BCUT2D eigenvalue weighted by atomic mass is 35.5. The Bertz CT molecular complexity index is 1520. The van der Waals surface area contributed by atoms with Crippen molar-refractivity contribution in [1.82, 2.24) is 24.9 Å². The van der Waals surface area contributed by atoms with Crippen molar-refractivity contribution in [2.24, 2.45) is 0 Å². The Morgan fingerprint density at radius 3 is 2.74 bits per heavy atom. The molecule has 0 unspecified atom stereocenters. The van der Waals surface area contributed by atoms with Crippen LogP contribution in [0.2, 0.25) is 5.15 Å². The molecule has 0 bridgehead atoms. The van der Waals surface area contributed by atoms with Gasteiger partial charge in [0.05, 0.1) is 37.2 Å². The van der Waals surface area contributed by atoms with Gasteiger partial charge in [-0.05, 0) is 32.4 Å². The molecule has 0 aliphatic carbocycles. The van der Waals surface area contributed by atoms with E-state index in [2.05, 4.69) is 30.2 Å². The number of piperidine rings is 1. The highest BCUT2D eigenvalue weighted by Crippen LogP contribution is 2.35. The largest absolute Gasteiger partial charge is 0.494 e. The molecule has 1 amide bonds. The first-order chi connectivity index (χ1) is 18.2. The van der Waals surface area contributed by atoms with Crippen molar-refractivity contribution in [3.63, 3.8) is 0 Å². The fraction of sp³-hybridized carbons (Fsp3) is 0.360. The molecule has 1 aliphatic heterocycles. The third kappa shape index (κ3) is 4.98. The monoisotopic (exact) mass is 557 g/mol. The standard InChI is InChI=1S/C25H25ClFN7O3S/c1-13-7-14(15-8-19(26)29-10-17(15)36-3)16(9-28-13)22(35)33-24-32-21-23(38-24)31-20(11-30-21)34-6-5-25(2,37-4)18(27)12-34/h7-11,18H,5-6,12H2,1-4H3,(H,30,32,33,35)/t18-,25+/m0/s1. The van der Waals surface area contributed by atoms with Crippen molar-refractivity contribution in [3.05, 3.63) is 47.1 Å². The molecule has 0 radical (unpaired) electrons. The smallest absolute Gasteiger partial charge is 0.259 e. The summed E-state index contributed by atoms with van der Waals surface area (Å²) in [5, 5.41) is 3.41. The first-order valence-corrected chi connectivity index (χ1v) is 13.0. The fourth-order valence-corrected chi connectivity index (χ4v) is 5.21. The minimum absolute atomic E-state index is 0.151. The molecule has 5 heterocycles. The van der Waals surface area contributed by atoms with E-state index in [-0.39, 0.29) is 11.7 Å². The SMILES string of the molecule is COc1cnc(Cl)cc1-c1cc(C)ncc1C(=O)Nc1nc2ncc(N3CC[C@@](C)(OC)[C@@H](F)C3)nc2s1. The van der Waals surface area contributed by atoms with Crippen LogP contribution in [0.15, 0.2) is 30.7 Å². The summed E-state index contributed by atoms with van der Waals surface area (Å²) in [6.07, 6.45) is 3.92. The summed E-state index contributed by atoms with van der Waals surface area (Å²) in [5.74, 6) is 0.595. The number of pyridine rings is 2. The maximum absolute atomic E-state index is 14.7. The van der Waals surface area contributed by atoms with Gasteiger partial charge in [0.2, 0.25) is 0 Å². The molecule has 0 aromatic carbocycles. The molecule has 4 aromatic heterocycles. The zero-order valence-electron chi connectivity index (χ0n) is 21.2. The molecular weight excluding hydrogens is 533 g/mol. The number of carbonyl (C=O) groups is 1. The van der Waals surface area contributed by atoms with E-state index in [0.29, 0.717) is 62.5 Å². The van der Waals surface area contributed by atoms with Gasteiger partial charge in [0, 0.05) is 36.7 Å². The first kappa shape index (κ1) is 26.1. The van der Waals surface area contributed by atoms with Crippen LogP contribution >= 0.6 is 22.9 Å². The number of anilines is 2. The number of aromatic nitrogens is 5. The third-order valence-electron chi connectivity index (χ3n) is 6.67. The zero-order valence-corrected chi connectivity index (χ0v) is 22.7. The summed E-state index contributed by atoms with van der Waals surface area (Å²) < 4.78 is 25.6. The predicted octanol–water partition coefficient (Wildman–Crippen LogP) is 4.72. The van der Waals surface area contributed by atoms with Gasteiger partial charge >= 0.3 is 0 Å². The van der Waals surface area contributed by atoms with Crippen LogP contribution in [0.5, 0.6) is 5.75 Å². The number of hydrogen-bond acceptors (Lipinski definition) is 10. The van der Waals surface area contributed by atoms with Crippen LogP contribution in [-0.4, -0.2) is 69.9 Å². The van der Waals surface area contributed by atoms with Crippen LogP contribution in [0.25, 0.3) is 21.6 Å². The van der Waals surface area contributed by atoms with Gasteiger partial charge in [-0.2, -0.15) is 4.98 Å². The third-order valence-corrected chi connectivity index (χ3v) is 7.73. The van der Waals surface area contributed by atoms with Crippen molar-refractivity contribution in [2.45, 2.75) is 32.0 Å². The van der Waals surface area contributed by atoms with Gasteiger partial charge in [-0.15, -0.1) is 0 Å². The molecule has 0 saturated carbocycles. The molecule has 2 atom stereocenters. The van der Waals surface area contributed by atoms with E-state index in [1.807, 2.05) is 11.8 Å². The minimum Gasteiger partial charge on any atom is -0.494 e. The van der Waals surface area contributed by atoms with Gasteiger partial charge in [-0.25, -0.2) is 19.3 Å². The molecule has 13 heteroatoms. The Kier molecular flexibility index (Phi) is 7.12. The van der Waals surface area contributed by atoms with E-state index >= 15 is 0 Å². The van der Waals surface area contributed by atoms with Crippen LogP contribution in [-0.2, 0) is 4.74 Å². The van der Waals surface area contributed by atoms with Gasteiger partial charge in [-0.1, -0.05) is 22.9 Å². The average Bonchev–Trinajstić information content (AvgIpc) is 3.31. The summed E-state index contributed by atoms with van der Waals surface area (Å²) in [5.41, 5.74) is 1.79. The highest BCUT2D eigenvalue weighted by Gasteiger charge is 2.40. The van der Waals surface area contributed by atoms with E-state index in [0.717, 1.165) is 0 Å². The average molecular weight is 558 g/mol. The lowest BCUT2D eigenvalue weighted by Gasteiger charge is -2.41. The number of thiazole rings is 1. The van der Waals surface area contributed by atoms with Gasteiger partial charge in [0.25, 0.3) is 5.91 Å². The van der Waals surface area contributed by atoms with Crippen molar-refractivity contribution in [2.75, 3.05) is 37.5 Å². The molecule has 4 aromatic rings. The molecule has 10 nitrogen and oxygen atoms in total. The van der Waals surface area contributed by atoms with Crippen molar-refractivity contribution < 1.29 is 18.7 Å². The second-order valence-corrected chi connectivity index (χ2v) is 10.5. The number of rotatable bonds is 6. The summed E-state index contributed by atoms with van der Waals surface area (Å²) >= 11 is 7.31. The second kappa shape index (κ2) is 10.4. The number of aryl methyl sites for hydroxylation is 1. The molecule has 1 aliphatic rings. The Hall–Kier alpha value is -3.48. The topological polar surface area (TPSA) is 115 Å². The van der Waals surface area contributed by atoms with Crippen LogP contribution < -0.4 is 15.0 Å². The lowest BCUT2D eigenvalue weighted by molar-refractivity contribution is -0.0678. The maximum Gasteiger partial charge on any atom is 0.259 e. The lowest BCUT2D eigenvalue weighted by atomic mass is 9.91.